The molecule has 5 nitrogen and oxygen atoms in total. The first-order chi connectivity index (χ1) is 9.94. The van der Waals surface area contributed by atoms with Crippen molar-refractivity contribution in [1.29, 1.82) is 0 Å². The van der Waals surface area contributed by atoms with E-state index < -0.39 is 18.6 Å². The van der Waals surface area contributed by atoms with Crippen LogP contribution in [0.4, 0.5) is 13.2 Å². The third-order valence-electron chi connectivity index (χ3n) is 3.36. The Labute approximate surface area is 123 Å². The van der Waals surface area contributed by atoms with Gasteiger partial charge in [0.1, 0.15) is 12.4 Å². The summed E-state index contributed by atoms with van der Waals surface area (Å²) in [5.74, 6) is 0.712. The highest BCUT2D eigenvalue weighted by Gasteiger charge is 2.36. The first-order valence-electron chi connectivity index (χ1n) is 6.85. The number of carbonyl (C=O) groups is 1. The Hall–Kier alpha value is -1.25. The van der Waals surface area contributed by atoms with Gasteiger partial charge in [-0.25, -0.2) is 0 Å². The molecule has 1 heterocycles. The predicted octanol–water partition coefficient (Wildman–Crippen LogP) is 2.26. The van der Waals surface area contributed by atoms with E-state index in [0.717, 1.165) is 43.3 Å². The van der Waals surface area contributed by atoms with Gasteiger partial charge in [-0.3, -0.25) is 4.79 Å². The number of hydrogen-bond donors (Lipinski definition) is 1. The quantitative estimate of drug-likeness (QED) is 0.817. The minimum atomic E-state index is -4.38. The zero-order valence-electron chi connectivity index (χ0n) is 11.2. The second kappa shape index (κ2) is 5.51. The second-order valence-electron chi connectivity index (χ2n) is 5.40. The monoisotopic (exact) mass is 320 g/mol. The van der Waals surface area contributed by atoms with E-state index in [2.05, 4.69) is 14.8 Å². The smallest absolute Gasteiger partial charge is 0.346 e. The Morgan fingerprint density at radius 2 is 2.00 bits per heavy atom. The maximum atomic E-state index is 12.0. The molecule has 0 saturated heterocycles. The molecule has 116 valence electrons. The van der Waals surface area contributed by atoms with E-state index in [-0.39, 0.29) is 5.75 Å². The van der Waals surface area contributed by atoms with Crippen molar-refractivity contribution in [3.63, 3.8) is 0 Å². The Balaban J connectivity index is 1.56. The molecule has 0 spiro atoms. The lowest BCUT2D eigenvalue weighted by Crippen LogP contribution is -2.34. The molecule has 21 heavy (non-hydrogen) atoms. The standard InChI is InChI=1S/C12H15F3N4OS/c13-12(14,15)6-16-9(20)5-21-11-18-17-10(7-1-2-7)19(11)8-3-4-8/h7-8H,1-6H2,(H,16,20). The van der Waals surface area contributed by atoms with Gasteiger partial charge in [0.05, 0.1) is 5.75 Å². The summed E-state index contributed by atoms with van der Waals surface area (Å²) in [6, 6.07) is 0.399. The summed E-state index contributed by atoms with van der Waals surface area (Å²) < 4.78 is 38.1. The third-order valence-corrected chi connectivity index (χ3v) is 4.31. The summed E-state index contributed by atoms with van der Waals surface area (Å²) in [5, 5.41) is 10.8. The minimum absolute atomic E-state index is 0.0778. The first kappa shape index (κ1) is 14.7. The van der Waals surface area contributed by atoms with Crippen LogP contribution in [0.25, 0.3) is 0 Å². The van der Waals surface area contributed by atoms with Crippen LogP contribution >= 0.6 is 11.8 Å². The van der Waals surface area contributed by atoms with Crippen LogP contribution in [-0.2, 0) is 4.79 Å². The lowest BCUT2D eigenvalue weighted by atomic mass is 10.4. The van der Waals surface area contributed by atoms with Gasteiger partial charge in [-0.15, -0.1) is 10.2 Å². The van der Waals surface area contributed by atoms with Crippen LogP contribution in [0.2, 0.25) is 0 Å². The topological polar surface area (TPSA) is 59.8 Å². The maximum absolute atomic E-state index is 12.0. The van der Waals surface area contributed by atoms with Crippen LogP contribution in [-0.4, -0.2) is 39.1 Å². The van der Waals surface area contributed by atoms with Crippen molar-refractivity contribution in [1.82, 2.24) is 20.1 Å². The van der Waals surface area contributed by atoms with E-state index >= 15 is 0 Å². The molecule has 0 bridgehead atoms. The molecule has 1 aromatic rings. The Kier molecular flexibility index (Phi) is 3.85. The summed E-state index contributed by atoms with van der Waals surface area (Å²) in [5.41, 5.74) is 0. The van der Waals surface area contributed by atoms with Crippen molar-refractivity contribution in [2.75, 3.05) is 12.3 Å². The third kappa shape index (κ3) is 3.90. The van der Waals surface area contributed by atoms with E-state index in [1.807, 2.05) is 5.32 Å². The fourth-order valence-corrected chi connectivity index (χ4v) is 2.91. The number of aromatic nitrogens is 3. The molecule has 2 aliphatic carbocycles. The molecule has 0 radical (unpaired) electrons. The van der Waals surface area contributed by atoms with E-state index in [4.69, 9.17) is 0 Å². The molecule has 0 atom stereocenters. The number of nitrogens with zero attached hydrogens (tertiary/aromatic N) is 3. The number of hydrogen-bond acceptors (Lipinski definition) is 4. The van der Waals surface area contributed by atoms with E-state index in [9.17, 15) is 18.0 Å². The van der Waals surface area contributed by atoms with Crippen molar-refractivity contribution >= 4 is 17.7 Å². The lowest BCUT2D eigenvalue weighted by Gasteiger charge is -2.09. The summed E-state index contributed by atoms with van der Waals surface area (Å²) >= 11 is 1.15. The van der Waals surface area contributed by atoms with Crippen LogP contribution in [0.3, 0.4) is 0 Å². The average molecular weight is 320 g/mol. The molecular formula is C12H15F3N4OS. The fraction of sp³-hybridized carbons (Fsp3) is 0.750. The minimum Gasteiger partial charge on any atom is -0.346 e. The van der Waals surface area contributed by atoms with Crippen LogP contribution in [0, 0.1) is 0 Å². The van der Waals surface area contributed by atoms with Crippen LogP contribution in [0.1, 0.15) is 43.5 Å². The van der Waals surface area contributed by atoms with Crippen LogP contribution < -0.4 is 5.32 Å². The number of thioether (sulfide) groups is 1. The van der Waals surface area contributed by atoms with Gasteiger partial charge in [-0.05, 0) is 25.7 Å². The molecule has 2 aliphatic rings. The molecule has 3 rings (SSSR count). The van der Waals surface area contributed by atoms with Crippen molar-refractivity contribution in [3.8, 4) is 0 Å². The molecule has 0 aromatic carbocycles. The zero-order valence-corrected chi connectivity index (χ0v) is 12.0. The lowest BCUT2D eigenvalue weighted by molar-refractivity contribution is -0.136. The first-order valence-corrected chi connectivity index (χ1v) is 7.83. The highest BCUT2D eigenvalue weighted by atomic mass is 32.2. The van der Waals surface area contributed by atoms with Crippen molar-refractivity contribution < 1.29 is 18.0 Å². The molecule has 2 fully saturated rings. The molecule has 2 saturated carbocycles. The SMILES string of the molecule is O=C(CSc1nnc(C2CC2)n1C1CC1)NCC(F)(F)F. The molecule has 1 aromatic heterocycles. The number of halogens is 3. The predicted molar refractivity (Wildman–Crippen MR) is 70.1 cm³/mol. The van der Waals surface area contributed by atoms with Gasteiger partial charge in [0.2, 0.25) is 5.91 Å². The van der Waals surface area contributed by atoms with Gasteiger partial charge in [-0.2, -0.15) is 13.2 Å². The van der Waals surface area contributed by atoms with Gasteiger partial charge in [0.15, 0.2) is 5.16 Å². The van der Waals surface area contributed by atoms with Crippen LogP contribution in [0.5, 0.6) is 0 Å². The summed E-state index contributed by atoms with van der Waals surface area (Å²) in [7, 11) is 0. The van der Waals surface area contributed by atoms with E-state index in [0.29, 0.717) is 17.1 Å². The summed E-state index contributed by atoms with van der Waals surface area (Å²) in [6.45, 7) is -1.30. The average Bonchev–Trinajstić information content (AvgIpc) is 3.31. The van der Waals surface area contributed by atoms with Gasteiger partial charge >= 0.3 is 6.18 Å². The number of amides is 1. The normalized spacial score (nSPS) is 18.8. The van der Waals surface area contributed by atoms with Crippen molar-refractivity contribution in [2.45, 2.75) is 49.0 Å². The molecule has 0 aliphatic heterocycles. The Bertz CT molecular complexity index is 537. The fourth-order valence-electron chi connectivity index (χ4n) is 2.06. The number of carbonyl (C=O) groups excluding carboxylic acids is 1. The second-order valence-corrected chi connectivity index (χ2v) is 6.34. The van der Waals surface area contributed by atoms with Gasteiger partial charge in [0, 0.05) is 12.0 Å². The highest BCUT2D eigenvalue weighted by molar-refractivity contribution is 7.99. The molecule has 1 amide bonds. The van der Waals surface area contributed by atoms with Gasteiger partial charge < -0.3 is 9.88 Å². The van der Waals surface area contributed by atoms with Gasteiger partial charge in [-0.1, -0.05) is 11.8 Å². The molecule has 9 heteroatoms. The number of rotatable bonds is 6. The number of alkyl halides is 3. The molecule has 1 N–H and O–H groups in total. The number of nitrogens with one attached hydrogen (secondary N) is 1. The van der Waals surface area contributed by atoms with Crippen molar-refractivity contribution in [3.05, 3.63) is 5.82 Å². The van der Waals surface area contributed by atoms with E-state index in [1.165, 1.54) is 0 Å². The summed E-state index contributed by atoms with van der Waals surface area (Å²) in [4.78, 5) is 11.4. The van der Waals surface area contributed by atoms with Crippen LogP contribution in [0.15, 0.2) is 5.16 Å². The molecule has 0 unspecified atom stereocenters. The largest absolute Gasteiger partial charge is 0.405 e. The molecular weight excluding hydrogens is 305 g/mol. The summed E-state index contributed by atoms with van der Waals surface area (Å²) in [6.07, 6.45) is -0.00609. The van der Waals surface area contributed by atoms with Crippen molar-refractivity contribution in [2.24, 2.45) is 0 Å². The zero-order chi connectivity index (χ0) is 15.0. The Morgan fingerprint density at radius 1 is 1.29 bits per heavy atom. The highest BCUT2D eigenvalue weighted by Crippen LogP contribution is 2.45. The van der Waals surface area contributed by atoms with E-state index in [1.54, 1.807) is 0 Å². The Morgan fingerprint density at radius 3 is 2.57 bits per heavy atom. The van der Waals surface area contributed by atoms with Gasteiger partial charge in [0.25, 0.3) is 0 Å². The maximum Gasteiger partial charge on any atom is 0.405 e.